The summed E-state index contributed by atoms with van der Waals surface area (Å²) in [6, 6.07) is 7.35. The van der Waals surface area contributed by atoms with E-state index in [2.05, 4.69) is 10.3 Å². The van der Waals surface area contributed by atoms with Crippen LogP contribution in [0, 0.1) is 13.8 Å². The molecule has 22 heavy (non-hydrogen) atoms. The number of anilines is 1. The quantitative estimate of drug-likeness (QED) is 0.886. The van der Waals surface area contributed by atoms with Crippen LogP contribution in [0.4, 0.5) is 10.5 Å². The minimum atomic E-state index is -0.822. The van der Waals surface area contributed by atoms with Crippen LogP contribution >= 0.6 is 0 Å². The van der Waals surface area contributed by atoms with Gasteiger partial charge in [-0.1, -0.05) is 12.1 Å². The van der Waals surface area contributed by atoms with E-state index in [1.165, 1.54) is 0 Å². The molecule has 3 N–H and O–H groups in total. The summed E-state index contributed by atoms with van der Waals surface area (Å²) >= 11 is 0. The molecule has 0 aliphatic heterocycles. The second kappa shape index (κ2) is 6.80. The highest BCUT2D eigenvalue weighted by molar-refractivity contribution is 5.71. The number of nitrogens with two attached hydrogens (primary N) is 1. The predicted molar refractivity (Wildman–Crippen MR) is 84.2 cm³/mol. The highest BCUT2D eigenvalue weighted by Crippen LogP contribution is 2.29. The second-order valence-corrected chi connectivity index (χ2v) is 4.86. The molecule has 0 bridgehead atoms. The van der Waals surface area contributed by atoms with Crippen molar-refractivity contribution >= 4 is 11.8 Å². The van der Waals surface area contributed by atoms with Crippen LogP contribution in [0.15, 0.2) is 30.5 Å². The molecule has 0 fully saturated rings. The van der Waals surface area contributed by atoms with Gasteiger partial charge in [-0.15, -0.1) is 0 Å². The Morgan fingerprint density at radius 1 is 1.27 bits per heavy atom. The highest BCUT2D eigenvalue weighted by Gasteiger charge is 2.10. The Hall–Kier alpha value is -2.76. The molecule has 0 spiro atoms. The molecule has 0 aliphatic carbocycles. The van der Waals surface area contributed by atoms with Crippen LogP contribution in [0.1, 0.15) is 16.7 Å². The van der Waals surface area contributed by atoms with Crippen LogP contribution in [0.5, 0.6) is 11.6 Å². The Balaban J connectivity index is 2.15. The summed E-state index contributed by atoms with van der Waals surface area (Å²) in [7, 11) is 1.58. The van der Waals surface area contributed by atoms with Gasteiger partial charge in [-0.2, -0.15) is 0 Å². The fourth-order valence-electron chi connectivity index (χ4n) is 2.15. The number of hydrogen-bond donors (Lipinski definition) is 2. The smallest absolute Gasteiger partial charge is 0.409 e. The van der Waals surface area contributed by atoms with E-state index in [9.17, 15) is 4.79 Å². The lowest BCUT2D eigenvalue weighted by atomic mass is 10.1. The van der Waals surface area contributed by atoms with E-state index >= 15 is 0 Å². The molecule has 1 amide bonds. The van der Waals surface area contributed by atoms with E-state index in [0.29, 0.717) is 18.2 Å². The molecule has 1 aromatic carbocycles. The summed E-state index contributed by atoms with van der Waals surface area (Å²) in [6.45, 7) is 4.45. The molecule has 1 aromatic heterocycles. The van der Waals surface area contributed by atoms with Gasteiger partial charge in [0.2, 0.25) is 5.88 Å². The monoisotopic (exact) mass is 301 g/mol. The fraction of sp³-hybridized carbons (Fsp3) is 0.250. The van der Waals surface area contributed by atoms with Gasteiger partial charge in [-0.25, -0.2) is 9.78 Å². The van der Waals surface area contributed by atoms with Crippen molar-refractivity contribution in [2.24, 2.45) is 5.73 Å². The number of amides is 1. The van der Waals surface area contributed by atoms with Gasteiger partial charge in [0, 0.05) is 30.1 Å². The summed E-state index contributed by atoms with van der Waals surface area (Å²) in [5.74, 6) is 1.03. The van der Waals surface area contributed by atoms with Crippen molar-refractivity contribution in [3.05, 3.63) is 47.2 Å². The van der Waals surface area contributed by atoms with E-state index in [1.807, 2.05) is 32.0 Å². The van der Waals surface area contributed by atoms with Crippen molar-refractivity contribution < 1.29 is 14.3 Å². The Kier molecular flexibility index (Phi) is 4.83. The number of aryl methyl sites for hydroxylation is 1. The van der Waals surface area contributed by atoms with Gasteiger partial charge in [-0.05, 0) is 31.0 Å². The van der Waals surface area contributed by atoms with Crippen molar-refractivity contribution in [1.82, 2.24) is 4.98 Å². The number of carbonyl (C=O) groups is 1. The molecule has 0 atom stereocenters. The summed E-state index contributed by atoms with van der Waals surface area (Å²) in [6.07, 6.45) is 0.928. The number of benzene rings is 1. The van der Waals surface area contributed by atoms with Crippen LogP contribution in [0.3, 0.4) is 0 Å². The first-order valence-electron chi connectivity index (χ1n) is 6.81. The van der Waals surface area contributed by atoms with Gasteiger partial charge >= 0.3 is 6.09 Å². The van der Waals surface area contributed by atoms with Crippen LogP contribution in [0.25, 0.3) is 0 Å². The molecule has 0 unspecified atom stereocenters. The molecule has 6 heteroatoms. The summed E-state index contributed by atoms with van der Waals surface area (Å²) in [5.41, 5.74) is 8.88. The third kappa shape index (κ3) is 3.66. The van der Waals surface area contributed by atoms with Gasteiger partial charge in [0.25, 0.3) is 0 Å². The van der Waals surface area contributed by atoms with Crippen molar-refractivity contribution in [3.8, 4) is 11.6 Å². The zero-order valence-electron chi connectivity index (χ0n) is 12.8. The standard InChI is InChI=1S/C16H19N3O3/c1-10-4-6-13(22-16(17)20)11(2)15(10)19-9-12-5-7-14(21-3)18-8-12/h4-8,19H,9H2,1-3H3,(H2,17,20). The van der Waals surface area contributed by atoms with Crippen LogP contribution in [0.2, 0.25) is 0 Å². The summed E-state index contributed by atoms with van der Waals surface area (Å²) in [4.78, 5) is 15.1. The topological polar surface area (TPSA) is 86.5 Å². The van der Waals surface area contributed by atoms with Gasteiger partial charge in [0.1, 0.15) is 5.75 Å². The third-order valence-corrected chi connectivity index (χ3v) is 3.31. The Bertz CT molecular complexity index is 669. The molecule has 0 radical (unpaired) electrons. The maximum absolute atomic E-state index is 10.9. The average molecular weight is 301 g/mol. The first kappa shape index (κ1) is 15.6. The van der Waals surface area contributed by atoms with Gasteiger partial charge in [-0.3, -0.25) is 0 Å². The summed E-state index contributed by atoms with van der Waals surface area (Å²) < 4.78 is 10.0. The zero-order valence-corrected chi connectivity index (χ0v) is 12.8. The van der Waals surface area contributed by atoms with Crippen molar-refractivity contribution in [3.63, 3.8) is 0 Å². The van der Waals surface area contributed by atoms with Crippen molar-refractivity contribution in [1.29, 1.82) is 0 Å². The van der Waals surface area contributed by atoms with Gasteiger partial charge in [0.15, 0.2) is 0 Å². The Morgan fingerprint density at radius 3 is 2.64 bits per heavy atom. The number of hydrogen-bond acceptors (Lipinski definition) is 5. The molecule has 116 valence electrons. The van der Waals surface area contributed by atoms with E-state index in [1.54, 1.807) is 19.4 Å². The number of carbonyl (C=O) groups excluding carboxylic acids is 1. The van der Waals surface area contributed by atoms with Crippen molar-refractivity contribution in [2.75, 3.05) is 12.4 Å². The molecule has 0 aliphatic rings. The Morgan fingerprint density at radius 2 is 2.05 bits per heavy atom. The van der Waals surface area contributed by atoms with E-state index < -0.39 is 6.09 Å². The number of methoxy groups -OCH3 is 1. The van der Waals surface area contributed by atoms with Gasteiger partial charge in [0.05, 0.1) is 7.11 Å². The number of rotatable bonds is 5. The fourth-order valence-corrected chi connectivity index (χ4v) is 2.15. The lowest BCUT2D eigenvalue weighted by Crippen LogP contribution is -2.17. The second-order valence-electron chi connectivity index (χ2n) is 4.86. The Labute approximate surface area is 129 Å². The van der Waals surface area contributed by atoms with E-state index in [-0.39, 0.29) is 0 Å². The molecule has 0 saturated heterocycles. The normalized spacial score (nSPS) is 10.1. The molecule has 2 rings (SSSR count). The first-order chi connectivity index (χ1) is 10.5. The zero-order chi connectivity index (χ0) is 16.1. The molecule has 6 nitrogen and oxygen atoms in total. The molecular formula is C16H19N3O3. The molecular weight excluding hydrogens is 282 g/mol. The van der Waals surface area contributed by atoms with Crippen molar-refractivity contribution in [2.45, 2.75) is 20.4 Å². The van der Waals surface area contributed by atoms with E-state index in [0.717, 1.165) is 22.4 Å². The predicted octanol–water partition coefficient (Wildman–Crippen LogP) is 2.78. The minimum Gasteiger partial charge on any atom is -0.481 e. The average Bonchev–Trinajstić information content (AvgIpc) is 2.50. The molecule has 2 aromatic rings. The van der Waals surface area contributed by atoms with E-state index in [4.69, 9.17) is 15.2 Å². The van der Waals surface area contributed by atoms with Gasteiger partial charge < -0.3 is 20.5 Å². The van der Waals surface area contributed by atoms with Crippen LogP contribution < -0.4 is 20.5 Å². The molecule has 1 heterocycles. The minimum absolute atomic E-state index is 0.452. The maximum Gasteiger partial charge on any atom is 0.409 e. The first-order valence-corrected chi connectivity index (χ1v) is 6.81. The SMILES string of the molecule is COc1ccc(CNc2c(C)ccc(OC(N)=O)c2C)cn1. The largest absolute Gasteiger partial charge is 0.481 e. The number of aromatic nitrogens is 1. The number of pyridine rings is 1. The number of nitrogens with zero attached hydrogens (tertiary/aromatic N) is 1. The third-order valence-electron chi connectivity index (χ3n) is 3.31. The number of primary amides is 1. The van der Waals surface area contributed by atoms with Crippen LogP contribution in [-0.2, 0) is 6.54 Å². The summed E-state index contributed by atoms with van der Waals surface area (Å²) in [5, 5.41) is 3.34. The van der Waals surface area contributed by atoms with Crippen LogP contribution in [-0.4, -0.2) is 18.2 Å². The number of nitrogens with one attached hydrogen (secondary N) is 1. The molecule has 0 saturated carbocycles. The lowest BCUT2D eigenvalue weighted by molar-refractivity contribution is 0.210. The maximum atomic E-state index is 10.9. The lowest BCUT2D eigenvalue weighted by Gasteiger charge is -2.15. The number of ether oxygens (including phenoxy) is 2. The highest BCUT2D eigenvalue weighted by atomic mass is 16.5.